The van der Waals surface area contributed by atoms with Gasteiger partial charge in [-0.3, -0.25) is 4.68 Å². The van der Waals surface area contributed by atoms with E-state index in [1.54, 1.807) is 17.2 Å². The molecule has 2 atom stereocenters. The van der Waals surface area contributed by atoms with Crippen LogP contribution in [0, 0.1) is 0 Å². The summed E-state index contributed by atoms with van der Waals surface area (Å²) in [4.78, 5) is 8.60. The van der Waals surface area contributed by atoms with Crippen LogP contribution in [0.3, 0.4) is 0 Å². The highest BCUT2D eigenvalue weighted by Crippen LogP contribution is 2.23. The lowest BCUT2D eigenvalue weighted by molar-refractivity contribution is 0.527. The molecule has 2 aromatic rings. The van der Waals surface area contributed by atoms with Gasteiger partial charge in [-0.25, -0.2) is 9.97 Å². The Labute approximate surface area is 112 Å². The second-order valence-corrected chi connectivity index (χ2v) is 5.28. The van der Waals surface area contributed by atoms with Gasteiger partial charge in [0.05, 0.1) is 11.6 Å². The molecule has 1 saturated carbocycles. The lowest BCUT2D eigenvalue weighted by Gasteiger charge is -2.23. The molecule has 0 aromatic carbocycles. The molecular formula is C13H20N6. The van der Waals surface area contributed by atoms with Crippen LogP contribution in [0.25, 0.3) is 11.0 Å². The summed E-state index contributed by atoms with van der Waals surface area (Å²) < 4.78 is 1.76. The molecule has 19 heavy (non-hydrogen) atoms. The predicted molar refractivity (Wildman–Crippen MR) is 74.8 cm³/mol. The third-order valence-corrected chi connectivity index (χ3v) is 3.92. The lowest BCUT2D eigenvalue weighted by atomic mass is 10.0. The molecule has 3 N–H and O–H groups in total. The first-order valence-electron chi connectivity index (χ1n) is 6.90. The number of rotatable bonds is 2. The summed E-state index contributed by atoms with van der Waals surface area (Å²) in [6, 6.07) is 0.491. The van der Waals surface area contributed by atoms with E-state index in [1.165, 1.54) is 19.3 Å². The number of nitrogens with zero attached hydrogens (tertiary/aromatic N) is 4. The molecule has 3 rings (SSSR count). The molecule has 102 valence electrons. The van der Waals surface area contributed by atoms with Crippen molar-refractivity contribution in [3.63, 3.8) is 0 Å². The number of hydrogen-bond donors (Lipinski definition) is 2. The highest BCUT2D eigenvalue weighted by Gasteiger charge is 2.21. The third kappa shape index (κ3) is 2.40. The van der Waals surface area contributed by atoms with Gasteiger partial charge in [-0.2, -0.15) is 5.10 Å². The normalized spacial score (nSPS) is 24.3. The van der Waals surface area contributed by atoms with Crippen molar-refractivity contribution in [2.75, 3.05) is 5.32 Å². The minimum atomic E-state index is 0.198. The summed E-state index contributed by atoms with van der Waals surface area (Å²) in [6.45, 7) is 0. The number of aromatic nitrogens is 4. The van der Waals surface area contributed by atoms with E-state index in [9.17, 15) is 0 Å². The van der Waals surface area contributed by atoms with Crippen molar-refractivity contribution in [2.24, 2.45) is 12.8 Å². The quantitative estimate of drug-likeness (QED) is 0.798. The Morgan fingerprint density at radius 2 is 2.11 bits per heavy atom. The fraction of sp³-hybridized carbons (Fsp3) is 0.615. The number of nitrogens with two attached hydrogens (primary N) is 1. The highest BCUT2D eigenvalue weighted by molar-refractivity contribution is 5.86. The van der Waals surface area contributed by atoms with Crippen molar-refractivity contribution in [1.82, 2.24) is 19.7 Å². The maximum atomic E-state index is 6.25. The molecule has 2 unspecified atom stereocenters. The van der Waals surface area contributed by atoms with Gasteiger partial charge in [-0.05, 0) is 12.8 Å². The fourth-order valence-electron chi connectivity index (χ4n) is 2.77. The Balaban J connectivity index is 1.88. The van der Waals surface area contributed by atoms with Gasteiger partial charge < -0.3 is 11.1 Å². The molecule has 0 bridgehead atoms. The number of anilines is 1. The molecular weight excluding hydrogens is 240 g/mol. The Morgan fingerprint density at radius 3 is 3.00 bits per heavy atom. The Hall–Kier alpha value is -1.69. The van der Waals surface area contributed by atoms with Crippen LogP contribution in [0.1, 0.15) is 32.1 Å². The van der Waals surface area contributed by atoms with E-state index in [0.29, 0.717) is 6.04 Å². The second kappa shape index (κ2) is 5.13. The SMILES string of the molecule is Cn1ncc2c(NC3CCCCCC3N)ncnc21. The van der Waals surface area contributed by atoms with Crippen molar-refractivity contribution in [1.29, 1.82) is 0 Å². The minimum Gasteiger partial charge on any atom is -0.365 e. The minimum absolute atomic E-state index is 0.198. The van der Waals surface area contributed by atoms with Crippen LogP contribution in [0.2, 0.25) is 0 Å². The maximum absolute atomic E-state index is 6.25. The molecule has 0 amide bonds. The smallest absolute Gasteiger partial charge is 0.163 e. The molecule has 1 aliphatic carbocycles. The Morgan fingerprint density at radius 1 is 1.26 bits per heavy atom. The van der Waals surface area contributed by atoms with E-state index < -0.39 is 0 Å². The Kier molecular flexibility index (Phi) is 3.33. The van der Waals surface area contributed by atoms with E-state index in [1.807, 2.05) is 7.05 Å². The molecule has 2 aromatic heterocycles. The summed E-state index contributed by atoms with van der Waals surface area (Å²) in [6.07, 6.45) is 9.30. The molecule has 1 aliphatic rings. The van der Waals surface area contributed by atoms with Gasteiger partial charge in [0.15, 0.2) is 5.65 Å². The van der Waals surface area contributed by atoms with E-state index in [4.69, 9.17) is 5.73 Å². The standard InChI is InChI=1S/C13H20N6/c1-19-13-9(7-17-19)12(15-8-16-13)18-11-6-4-2-3-5-10(11)14/h7-8,10-11H,2-6,14H2,1H3,(H,15,16,18). The number of aryl methyl sites for hydroxylation is 1. The fourth-order valence-corrected chi connectivity index (χ4v) is 2.77. The molecule has 1 fully saturated rings. The highest BCUT2D eigenvalue weighted by atomic mass is 15.3. The molecule has 0 spiro atoms. The zero-order chi connectivity index (χ0) is 13.2. The summed E-state index contributed by atoms with van der Waals surface area (Å²) >= 11 is 0. The van der Waals surface area contributed by atoms with E-state index in [0.717, 1.165) is 29.7 Å². The first kappa shape index (κ1) is 12.3. The van der Waals surface area contributed by atoms with Crippen LogP contribution in [0.15, 0.2) is 12.5 Å². The van der Waals surface area contributed by atoms with Crippen molar-refractivity contribution >= 4 is 16.9 Å². The zero-order valence-corrected chi connectivity index (χ0v) is 11.2. The van der Waals surface area contributed by atoms with Gasteiger partial charge >= 0.3 is 0 Å². The second-order valence-electron chi connectivity index (χ2n) is 5.28. The van der Waals surface area contributed by atoms with Crippen molar-refractivity contribution in [2.45, 2.75) is 44.2 Å². The maximum Gasteiger partial charge on any atom is 0.163 e. The third-order valence-electron chi connectivity index (χ3n) is 3.92. The first-order chi connectivity index (χ1) is 9.25. The van der Waals surface area contributed by atoms with E-state index >= 15 is 0 Å². The van der Waals surface area contributed by atoms with Crippen LogP contribution in [0.4, 0.5) is 5.82 Å². The number of nitrogens with one attached hydrogen (secondary N) is 1. The average molecular weight is 260 g/mol. The summed E-state index contributed by atoms with van der Waals surface area (Å²) in [5.74, 6) is 0.848. The molecule has 0 radical (unpaired) electrons. The summed E-state index contributed by atoms with van der Waals surface area (Å²) in [7, 11) is 1.89. The van der Waals surface area contributed by atoms with Crippen LogP contribution in [-0.4, -0.2) is 31.8 Å². The zero-order valence-electron chi connectivity index (χ0n) is 11.2. The van der Waals surface area contributed by atoms with Crippen LogP contribution in [0.5, 0.6) is 0 Å². The summed E-state index contributed by atoms with van der Waals surface area (Å²) in [5.41, 5.74) is 7.10. The van der Waals surface area contributed by atoms with E-state index in [-0.39, 0.29) is 6.04 Å². The Bertz CT molecular complexity index is 563. The van der Waals surface area contributed by atoms with Gasteiger partial charge in [-0.1, -0.05) is 19.3 Å². The first-order valence-corrected chi connectivity index (χ1v) is 6.90. The van der Waals surface area contributed by atoms with Gasteiger partial charge in [0.1, 0.15) is 12.1 Å². The van der Waals surface area contributed by atoms with Gasteiger partial charge in [0, 0.05) is 19.1 Å². The lowest BCUT2D eigenvalue weighted by Crippen LogP contribution is -2.39. The van der Waals surface area contributed by atoms with Crippen molar-refractivity contribution < 1.29 is 0 Å². The molecule has 0 aliphatic heterocycles. The number of fused-ring (bicyclic) bond motifs is 1. The molecule has 2 heterocycles. The van der Waals surface area contributed by atoms with Crippen molar-refractivity contribution in [3.05, 3.63) is 12.5 Å². The van der Waals surface area contributed by atoms with Gasteiger partial charge in [0.25, 0.3) is 0 Å². The average Bonchev–Trinajstić information content (AvgIpc) is 2.67. The van der Waals surface area contributed by atoms with Gasteiger partial charge in [0.2, 0.25) is 0 Å². The molecule has 0 saturated heterocycles. The molecule has 6 heteroatoms. The molecule has 6 nitrogen and oxygen atoms in total. The monoisotopic (exact) mass is 260 g/mol. The van der Waals surface area contributed by atoms with E-state index in [2.05, 4.69) is 20.4 Å². The largest absolute Gasteiger partial charge is 0.365 e. The van der Waals surface area contributed by atoms with Crippen LogP contribution >= 0.6 is 0 Å². The topological polar surface area (TPSA) is 81.7 Å². The van der Waals surface area contributed by atoms with Crippen LogP contribution < -0.4 is 11.1 Å². The van der Waals surface area contributed by atoms with Crippen molar-refractivity contribution in [3.8, 4) is 0 Å². The van der Waals surface area contributed by atoms with Crippen LogP contribution in [-0.2, 0) is 7.05 Å². The number of hydrogen-bond acceptors (Lipinski definition) is 5. The summed E-state index contributed by atoms with van der Waals surface area (Å²) in [5, 5.41) is 8.69. The predicted octanol–water partition coefficient (Wildman–Crippen LogP) is 1.44. The van der Waals surface area contributed by atoms with Gasteiger partial charge in [-0.15, -0.1) is 0 Å².